The molecule has 0 aromatic carbocycles. The number of ether oxygens (including phenoxy) is 1. The van der Waals surface area contributed by atoms with E-state index in [1.165, 1.54) is 12.8 Å². The molecule has 0 aromatic rings. The van der Waals surface area contributed by atoms with E-state index in [4.69, 9.17) is 4.74 Å². The van der Waals surface area contributed by atoms with Crippen LogP contribution in [0.2, 0.25) is 0 Å². The maximum Gasteiger partial charge on any atom is 0.306 e. The van der Waals surface area contributed by atoms with E-state index in [1.54, 1.807) is 0 Å². The number of likely N-dealkylation sites (N-methyl/N-ethyl adjacent to an activating group) is 1. The fraction of sp³-hybridized carbons (Fsp3) is 0.875. The SMILES string of the molecule is CN(C)C1(CNC(=O)CCC(=O)OC(C)(C)C)CCCC1. The van der Waals surface area contributed by atoms with Crippen LogP contribution in [0.5, 0.6) is 0 Å². The number of esters is 1. The van der Waals surface area contributed by atoms with Gasteiger partial charge in [0.25, 0.3) is 0 Å². The first kappa shape index (κ1) is 18.0. The average Bonchev–Trinajstić information content (AvgIpc) is 2.82. The number of carbonyl (C=O) groups is 2. The molecule has 0 atom stereocenters. The van der Waals surface area contributed by atoms with Crippen LogP contribution >= 0.6 is 0 Å². The minimum Gasteiger partial charge on any atom is -0.460 e. The molecule has 0 unspecified atom stereocenters. The minimum absolute atomic E-state index is 0.0750. The summed E-state index contributed by atoms with van der Waals surface area (Å²) in [4.78, 5) is 25.7. The Kier molecular flexibility index (Phi) is 6.20. The molecule has 0 heterocycles. The van der Waals surface area contributed by atoms with Gasteiger partial charge in [-0.15, -0.1) is 0 Å². The molecule has 1 aliphatic rings. The Hall–Kier alpha value is -1.10. The molecule has 5 nitrogen and oxygen atoms in total. The highest BCUT2D eigenvalue weighted by molar-refractivity contribution is 5.81. The van der Waals surface area contributed by atoms with Crippen molar-refractivity contribution in [2.75, 3.05) is 20.6 Å². The zero-order valence-electron chi connectivity index (χ0n) is 14.1. The summed E-state index contributed by atoms with van der Waals surface area (Å²) in [5.41, 5.74) is -0.409. The lowest BCUT2D eigenvalue weighted by Gasteiger charge is -2.36. The van der Waals surface area contributed by atoms with Gasteiger partial charge >= 0.3 is 5.97 Å². The first-order valence-corrected chi connectivity index (χ1v) is 7.81. The molecule has 1 fully saturated rings. The fourth-order valence-corrected chi connectivity index (χ4v) is 2.77. The molecule has 0 aromatic heterocycles. The van der Waals surface area contributed by atoms with Crippen molar-refractivity contribution >= 4 is 11.9 Å². The quantitative estimate of drug-likeness (QED) is 0.763. The van der Waals surface area contributed by atoms with Gasteiger partial charge in [0.05, 0.1) is 6.42 Å². The standard InChI is InChI=1S/C16H30N2O3/c1-15(2,3)21-14(20)9-8-13(19)17-12-16(18(4)5)10-6-7-11-16/h6-12H2,1-5H3,(H,17,19). The van der Waals surface area contributed by atoms with E-state index >= 15 is 0 Å². The third kappa shape index (κ3) is 6.04. The first-order valence-electron chi connectivity index (χ1n) is 7.81. The second-order valence-electron chi connectivity index (χ2n) is 7.19. The second kappa shape index (κ2) is 7.25. The minimum atomic E-state index is -0.494. The molecule has 0 aliphatic heterocycles. The zero-order valence-corrected chi connectivity index (χ0v) is 14.1. The Morgan fingerprint density at radius 2 is 1.71 bits per heavy atom. The predicted octanol–water partition coefficient (Wildman–Crippen LogP) is 2.10. The second-order valence-corrected chi connectivity index (χ2v) is 7.19. The van der Waals surface area contributed by atoms with Crippen LogP contribution in [0.4, 0.5) is 0 Å². The lowest BCUT2D eigenvalue weighted by atomic mass is 9.96. The van der Waals surface area contributed by atoms with E-state index < -0.39 is 5.60 Å². The molecule has 1 aliphatic carbocycles. The van der Waals surface area contributed by atoms with Crippen molar-refractivity contribution in [3.63, 3.8) is 0 Å². The molecular weight excluding hydrogens is 268 g/mol. The summed E-state index contributed by atoms with van der Waals surface area (Å²) >= 11 is 0. The number of hydrogen-bond donors (Lipinski definition) is 1. The molecule has 0 spiro atoms. The van der Waals surface area contributed by atoms with Crippen LogP contribution < -0.4 is 5.32 Å². The van der Waals surface area contributed by atoms with Crippen LogP contribution in [0.3, 0.4) is 0 Å². The Morgan fingerprint density at radius 1 is 1.14 bits per heavy atom. The molecule has 1 amide bonds. The summed E-state index contributed by atoms with van der Waals surface area (Å²) < 4.78 is 5.20. The third-order valence-electron chi connectivity index (χ3n) is 4.07. The molecular formula is C16H30N2O3. The van der Waals surface area contributed by atoms with Gasteiger partial charge in [0.2, 0.25) is 5.91 Å². The van der Waals surface area contributed by atoms with Crippen molar-refractivity contribution in [1.29, 1.82) is 0 Å². The highest BCUT2D eigenvalue weighted by atomic mass is 16.6. The lowest BCUT2D eigenvalue weighted by molar-refractivity contribution is -0.155. The zero-order chi connectivity index (χ0) is 16.1. The van der Waals surface area contributed by atoms with Crippen LogP contribution in [0.25, 0.3) is 0 Å². The van der Waals surface area contributed by atoms with Crippen molar-refractivity contribution in [3.8, 4) is 0 Å². The Morgan fingerprint density at radius 3 is 2.19 bits per heavy atom. The topological polar surface area (TPSA) is 58.6 Å². The molecule has 1 rings (SSSR count). The summed E-state index contributed by atoms with van der Waals surface area (Å²) in [5.74, 6) is -0.394. The van der Waals surface area contributed by atoms with Gasteiger partial charge in [-0.25, -0.2) is 0 Å². The van der Waals surface area contributed by atoms with Gasteiger partial charge in [-0.2, -0.15) is 0 Å². The van der Waals surface area contributed by atoms with E-state index in [1.807, 2.05) is 20.8 Å². The van der Waals surface area contributed by atoms with Crippen LogP contribution in [-0.2, 0) is 14.3 Å². The maximum atomic E-state index is 11.9. The molecule has 1 N–H and O–H groups in total. The number of nitrogens with zero attached hydrogens (tertiary/aromatic N) is 1. The van der Waals surface area contributed by atoms with E-state index in [0.29, 0.717) is 6.54 Å². The third-order valence-corrected chi connectivity index (χ3v) is 4.07. The van der Waals surface area contributed by atoms with Crippen LogP contribution in [-0.4, -0.2) is 48.6 Å². The number of nitrogens with one attached hydrogen (secondary N) is 1. The van der Waals surface area contributed by atoms with Crippen molar-refractivity contribution in [3.05, 3.63) is 0 Å². The molecule has 1 saturated carbocycles. The molecule has 21 heavy (non-hydrogen) atoms. The highest BCUT2D eigenvalue weighted by Gasteiger charge is 2.36. The number of carbonyl (C=O) groups excluding carboxylic acids is 2. The van der Waals surface area contributed by atoms with Crippen molar-refractivity contribution in [1.82, 2.24) is 10.2 Å². The van der Waals surface area contributed by atoms with Crippen molar-refractivity contribution < 1.29 is 14.3 Å². The van der Waals surface area contributed by atoms with Crippen LogP contribution in [0, 0.1) is 0 Å². The van der Waals surface area contributed by atoms with Crippen molar-refractivity contribution in [2.24, 2.45) is 0 Å². The number of amides is 1. The Balaban J connectivity index is 2.32. The smallest absolute Gasteiger partial charge is 0.306 e. The summed E-state index contributed by atoms with van der Waals surface area (Å²) in [5, 5.41) is 2.98. The largest absolute Gasteiger partial charge is 0.460 e. The van der Waals surface area contributed by atoms with E-state index in [9.17, 15) is 9.59 Å². The van der Waals surface area contributed by atoms with Crippen LogP contribution in [0.1, 0.15) is 59.3 Å². The number of rotatable bonds is 6. The highest BCUT2D eigenvalue weighted by Crippen LogP contribution is 2.33. The van der Waals surface area contributed by atoms with E-state index in [-0.39, 0.29) is 30.3 Å². The summed E-state index contributed by atoms with van der Waals surface area (Å²) in [6, 6.07) is 0. The molecule has 5 heteroatoms. The monoisotopic (exact) mass is 298 g/mol. The van der Waals surface area contributed by atoms with Gasteiger partial charge in [0, 0.05) is 18.5 Å². The lowest BCUT2D eigenvalue weighted by Crippen LogP contribution is -2.50. The average molecular weight is 298 g/mol. The van der Waals surface area contributed by atoms with Gasteiger partial charge in [0.15, 0.2) is 0 Å². The molecule has 0 bridgehead atoms. The molecule has 0 saturated heterocycles. The normalized spacial score (nSPS) is 17.8. The number of hydrogen-bond acceptors (Lipinski definition) is 4. The summed E-state index contributed by atoms with van der Waals surface area (Å²) in [7, 11) is 4.14. The Labute approximate surface area is 128 Å². The summed E-state index contributed by atoms with van der Waals surface area (Å²) in [6.45, 7) is 6.14. The van der Waals surface area contributed by atoms with Gasteiger partial charge in [-0.05, 0) is 47.7 Å². The van der Waals surface area contributed by atoms with E-state index in [0.717, 1.165) is 12.8 Å². The molecule has 122 valence electrons. The first-order chi connectivity index (χ1) is 9.65. The fourth-order valence-electron chi connectivity index (χ4n) is 2.77. The molecule has 0 radical (unpaired) electrons. The van der Waals surface area contributed by atoms with Gasteiger partial charge in [-0.3, -0.25) is 9.59 Å². The van der Waals surface area contributed by atoms with Crippen molar-refractivity contribution in [2.45, 2.75) is 70.4 Å². The maximum absolute atomic E-state index is 11.9. The van der Waals surface area contributed by atoms with E-state index in [2.05, 4.69) is 24.3 Å². The van der Waals surface area contributed by atoms with Gasteiger partial charge in [-0.1, -0.05) is 12.8 Å². The predicted molar refractivity (Wildman–Crippen MR) is 83.0 cm³/mol. The van der Waals surface area contributed by atoms with Gasteiger partial charge in [0.1, 0.15) is 5.60 Å². The summed E-state index contributed by atoms with van der Waals surface area (Å²) in [6.07, 6.45) is 4.99. The van der Waals surface area contributed by atoms with Crippen LogP contribution in [0.15, 0.2) is 0 Å². The van der Waals surface area contributed by atoms with Gasteiger partial charge < -0.3 is 15.0 Å². The Bertz CT molecular complexity index is 366.